The molecule has 0 spiro atoms. The van der Waals surface area contributed by atoms with E-state index in [9.17, 15) is 14.4 Å². The van der Waals surface area contributed by atoms with Gasteiger partial charge in [0.2, 0.25) is 11.8 Å². The molecular formula is C16H21N3O3S. The van der Waals surface area contributed by atoms with Gasteiger partial charge in [-0.05, 0) is 43.7 Å². The Morgan fingerprint density at radius 1 is 1.30 bits per heavy atom. The number of carbonyl (C=O) groups is 3. The molecule has 1 saturated carbocycles. The number of thiophene rings is 1. The summed E-state index contributed by atoms with van der Waals surface area (Å²) in [5, 5.41) is 7.64. The first kappa shape index (κ1) is 16.1. The molecule has 1 aromatic rings. The molecule has 1 aliphatic carbocycles. The average molecular weight is 335 g/mol. The maximum Gasteiger partial charge on any atom is 0.261 e. The van der Waals surface area contributed by atoms with Crippen LogP contribution in [-0.4, -0.2) is 48.3 Å². The van der Waals surface area contributed by atoms with Crippen LogP contribution in [0.15, 0.2) is 17.5 Å². The topological polar surface area (TPSA) is 78.5 Å². The van der Waals surface area contributed by atoms with Gasteiger partial charge in [-0.15, -0.1) is 11.3 Å². The molecule has 23 heavy (non-hydrogen) atoms. The van der Waals surface area contributed by atoms with E-state index in [1.165, 1.54) is 16.2 Å². The van der Waals surface area contributed by atoms with Gasteiger partial charge in [0, 0.05) is 12.6 Å². The van der Waals surface area contributed by atoms with E-state index >= 15 is 0 Å². The summed E-state index contributed by atoms with van der Waals surface area (Å²) in [7, 11) is 0. The number of nitrogens with one attached hydrogen (secondary N) is 2. The number of nitrogens with zero attached hydrogens (tertiary/aromatic N) is 1. The van der Waals surface area contributed by atoms with Crippen molar-refractivity contribution in [2.75, 3.05) is 19.6 Å². The molecular weight excluding hydrogens is 314 g/mol. The third-order valence-corrected chi connectivity index (χ3v) is 5.08. The van der Waals surface area contributed by atoms with Gasteiger partial charge in [0.25, 0.3) is 5.91 Å². The first-order valence-electron chi connectivity index (χ1n) is 8.05. The number of hydrogen-bond acceptors (Lipinski definition) is 5. The van der Waals surface area contributed by atoms with E-state index in [4.69, 9.17) is 0 Å². The van der Waals surface area contributed by atoms with Crippen molar-refractivity contribution in [3.63, 3.8) is 0 Å². The molecule has 7 heteroatoms. The summed E-state index contributed by atoms with van der Waals surface area (Å²) in [4.78, 5) is 39.0. The van der Waals surface area contributed by atoms with Gasteiger partial charge in [-0.3, -0.25) is 19.3 Å². The molecule has 1 atom stereocenters. The van der Waals surface area contributed by atoms with Crippen molar-refractivity contribution in [2.45, 2.75) is 31.7 Å². The fourth-order valence-electron chi connectivity index (χ4n) is 2.83. The van der Waals surface area contributed by atoms with Crippen molar-refractivity contribution < 1.29 is 14.4 Å². The monoisotopic (exact) mass is 335 g/mol. The number of amides is 3. The summed E-state index contributed by atoms with van der Waals surface area (Å²) >= 11 is 1.33. The second kappa shape index (κ2) is 7.23. The molecule has 3 rings (SSSR count). The van der Waals surface area contributed by atoms with Crippen LogP contribution in [0.5, 0.6) is 0 Å². The second-order valence-electron chi connectivity index (χ2n) is 6.04. The molecule has 3 amide bonds. The molecule has 1 aromatic heterocycles. The first-order chi connectivity index (χ1) is 11.2. The van der Waals surface area contributed by atoms with E-state index in [-0.39, 0.29) is 36.2 Å². The zero-order chi connectivity index (χ0) is 16.2. The van der Waals surface area contributed by atoms with Gasteiger partial charge < -0.3 is 10.6 Å². The molecule has 2 fully saturated rings. The summed E-state index contributed by atoms with van der Waals surface area (Å²) in [5.41, 5.74) is 0. The lowest BCUT2D eigenvalue weighted by atomic mass is 9.98. The number of imide groups is 1. The fraction of sp³-hybridized carbons (Fsp3) is 0.562. The van der Waals surface area contributed by atoms with E-state index in [0.29, 0.717) is 11.4 Å². The Morgan fingerprint density at radius 2 is 2.13 bits per heavy atom. The highest BCUT2D eigenvalue weighted by atomic mass is 32.1. The van der Waals surface area contributed by atoms with E-state index in [1.54, 1.807) is 12.1 Å². The van der Waals surface area contributed by atoms with Crippen LogP contribution in [0.3, 0.4) is 0 Å². The van der Waals surface area contributed by atoms with Crippen LogP contribution in [0, 0.1) is 5.92 Å². The zero-order valence-electron chi connectivity index (χ0n) is 12.9. The van der Waals surface area contributed by atoms with Gasteiger partial charge in [-0.25, -0.2) is 0 Å². The summed E-state index contributed by atoms with van der Waals surface area (Å²) in [5.74, 6) is -0.778. The Kier molecular flexibility index (Phi) is 5.07. The lowest BCUT2D eigenvalue weighted by molar-refractivity contribution is -0.148. The van der Waals surface area contributed by atoms with E-state index < -0.39 is 0 Å². The molecule has 1 aliphatic heterocycles. The van der Waals surface area contributed by atoms with Crippen LogP contribution >= 0.6 is 11.3 Å². The minimum atomic E-state index is -0.298. The number of rotatable bonds is 5. The summed E-state index contributed by atoms with van der Waals surface area (Å²) in [6.07, 6.45) is 3.52. The minimum Gasteiger partial charge on any atom is -0.342 e. The van der Waals surface area contributed by atoms with Crippen LogP contribution in [0.25, 0.3) is 0 Å². The number of carbonyl (C=O) groups excluding carboxylic acids is 3. The van der Waals surface area contributed by atoms with Crippen LogP contribution < -0.4 is 10.6 Å². The number of piperidine rings is 1. The fourth-order valence-corrected chi connectivity index (χ4v) is 3.47. The third-order valence-electron chi connectivity index (χ3n) is 4.21. The molecule has 124 valence electrons. The van der Waals surface area contributed by atoms with Gasteiger partial charge in [0.15, 0.2) is 0 Å². The summed E-state index contributed by atoms with van der Waals surface area (Å²) in [6, 6.07) is 3.52. The summed E-state index contributed by atoms with van der Waals surface area (Å²) < 4.78 is 0. The van der Waals surface area contributed by atoms with Crippen molar-refractivity contribution in [3.8, 4) is 0 Å². The highest BCUT2D eigenvalue weighted by molar-refractivity contribution is 7.12. The first-order valence-corrected chi connectivity index (χ1v) is 8.93. The van der Waals surface area contributed by atoms with Crippen molar-refractivity contribution >= 4 is 29.1 Å². The molecule has 0 bridgehead atoms. The Labute approximate surface area is 139 Å². The van der Waals surface area contributed by atoms with Crippen molar-refractivity contribution in [1.82, 2.24) is 15.5 Å². The van der Waals surface area contributed by atoms with Gasteiger partial charge >= 0.3 is 0 Å². The predicted octanol–water partition coefficient (Wildman–Crippen LogP) is 0.995. The van der Waals surface area contributed by atoms with Gasteiger partial charge in [0.1, 0.15) is 0 Å². The zero-order valence-corrected chi connectivity index (χ0v) is 13.7. The maximum atomic E-state index is 12.6. The van der Waals surface area contributed by atoms with Crippen LogP contribution in [0.4, 0.5) is 0 Å². The normalized spacial score (nSPS) is 20.8. The van der Waals surface area contributed by atoms with Crippen LogP contribution in [-0.2, 0) is 9.59 Å². The summed E-state index contributed by atoms with van der Waals surface area (Å²) in [6.45, 7) is 1.44. The smallest absolute Gasteiger partial charge is 0.261 e. The molecule has 0 aromatic carbocycles. The van der Waals surface area contributed by atoms with E-state index in [1.807, 2.05) is 5.38 Å². The highest BCUT2D eigenvalue weighted by Crippen LogP contribution is 2.29. The average Bonchev–Trinajstić information content (AvgIpc) is 3.25. The maximum absolute atomic E-state index is 12.6. The van der Waals surface area contributed by atoms with Gasteiger partial charge in [-0.1, -0.05) is 6.07 Å². The quantitative estimate of drug-likeness (QED) is 0.841. The Bertz CT molecular complexity index is 577. The van der Waals surface area contributed by atoms with Crippen molar-refractivity contribution in [1.29, 1.82) is 0 Å². The molecule has 1 unspecified atom stereocenters. The lowest BCUT2D eigenvalue weighted by Crippen LogP contribution is -2.49. The van der Waals surface area contributed by atoms with Crippen LogP contribution in [0.1, 0.15) is 35.4 Å². The molecule has 1 saturated heterocycles. The molecule has 6 nitrogen and oxygen atoms in total. The van der Waals surface area contributed by atoms with Gasteiger partial charge in [0.05, 0.1) is 17.3 Å². The standard InChI is InChI=1S/C16H21N3O3S/c20-14(10-18-15(21)13-4-2-8-23-13)19(12-5-6-12)16(22)11-3-1-7-17-9-11/h2,4,8,11-12,17H,1,3,5-7,9-10H2,(H,18,21). The molecule has 2 N–H and O–H groups in total. The second-order valence-corrected chi connectivity index (χ2v) is 6.98. The van der Waals surface area contributed by atoms with Crippen LogP contribution in [0.2, 0.25) is 0 Å². The largest absolute Gasteiger partial charge is 0.342 e. The lowest BCUT2D eigenvalue weighted by Gasteiger charge is -2.28. The molecule has 0 radical (unpaired) electrons. The SMILES string of the molecule is O=C(NCC(=O)N(C(=O)C1CCCNC1)C1CC1)c1cccs1. The number of hydrogen-bond donors (Lipinski definition) is 2. The highest BCUT2D eigenvalue weighted by Gasteiger charge is 2.39. The van der Waals surface area contributed by atoms with Crippen molar-refractivity contribution in [3.05, 3.63) is 22.4 Å². The minimum absolute atomic E-state index is 0.0237. The predicted molar refractivity (Wildman–Crippen MR) is 87.1 cm³/mol. The third kappa shape index (κ3) is 3.97. The molecule has 2 aliphatic rings. The van der Waals surface area contributed by atoms with Gasteiger partial charge in [-0.2, -0.15) is 0 Å². The Balaban J connectivity index is 1.58. The molecule has 2 heterocycles. The van der Waals surface area contributed by atoms with Crippen molar-refractivity contribution in [2.24, 2.45) is 5.92 Å². The van der Waals surface area contributed by atoms with E-state index in [0.717, 1.165) is 32.2 Å². The van der Waals surface area contributed by atoms with E-state index in [2.05, 4.69) is 10.6 Å². The Morgan fingerprint density at radius 3 is 2.74 bits per heavy atom. The Hall–Kier alpha value is -1.73.